The van der Waals surface area contributed by atoms with Gasteiger partial charge in [-0.1, -0.05) is 22.9 Å². The molecule has 0 spiro atoms. The zero-order valence-corrected chi connectivity index (χ0v) is 9.49. The van der Waals surface area contributed by atoms with Gasteiger partial charge in [-0.3, -0.25) is 4.79 Å². The Balaban J connectivity index is 2.38. The van der Waals surface area contributed by atoms with Crippen LogP contribution < -0.4 is 5.73 Å². The van der Waals surface area contributed by atoms with Crippen molar-refractivity contribution in [2.24, 2.45) is 5.73 Å². The summed E-state index contributed by atoms with van der Waals surface area (Å²) in [6.07, 6.45) is 2.80. The van der Waals surface area contributed by atoms with Gasteiger partial charge in [0, 0.05) is 6.20 Å². The summed E-state index contributed by atoms with van der Waals surface area (Å²) in [5.74, 6) is -0.559. The van der Waals surface area contributed by atoms with Gasteiger partial charge in [0.1, 0.15) is 5.15 Å². The van der Waals surface area contributed by atoms with E-state index >= 15 is 0 Å². The van der Waals surface area contributed by atoms with Gasteiger partial charge in [-0.25, -0.2) is 9.67 Å². The van der Waals surface area contributed by atoms with Crippen LogP contribution in [0.25, 0.3) is 5.13 Å². The SMILES string of the molecule is NC(=O)c1cnn(-c2nc(Cl)c(CO)s2)c1. The fourth-order valence-corrected chi connectivity index (χ4v) is 2.12. The quantitative estimate of drug-likeness (QED) is 0.842. The highest BCUT2D eigenvalue weighted by molar-refractivity contribution is 7.14. The molecule has 2 aromatic heterocycles. The lowest BCUT2D eigenvalue weighted by Gasteiger charge is -1.91. The van der Waals surface area contributed by atoms with Gasteiger partial charge in [0.05, 0.1) is 23.2 Å². The van der Waals surface area contributed by atoms with Crippen molar-refractivity contribution in [3.8, 4) is 5.13 Å². The summed E-state index contributed by atoms with van der Waals surface area (Å²) in [6.45, 7) is -0.180. The minimum absolute atomic E-state index is 0.180. The average Bonchev–Trinajstić information content (AvgIpc) is 2.83. The van der Waals surface area contributed by atoms with E-state index in [2.05, 4.69) is 10.1 Å². The van der Waals surface area contributed by atoms with Gasteiger partial charge < -0.3 is 10.8 Å². The summed E-state index contributed by atoms with van der Waals surface area (Å²) in [5.41, 5.74) is 5.38. The van der Waals surface area contributed by atoms with E-state index in [4.69, 9.17) is 22.4 Å². The van der Waals surface area contributed by atoms with E-state index in [0.717, 1.165) is 0 Å². The highest BCUT2D eigenvalue weighted by Crippen LogP contribution is 2.25. The monoisotopic (exact) mass is 258 g/mol. The van der Waals surface area contributed by atoms with Crippen LogP contribution in [0.1, 0.15) is 15.2 Å². The number of thiazole rings is 1. The van der Waals surface area contributed by atoms with Gasteiger partial charge in [-0.15, -0.1) is 0 Å². The molecule has 0 bridgehead atoms. The summed E-state index contributed by atoms with van der Waals surface area (Å²) < 4.78 is 1.38. The van der Waals surface area contributed by atoms with Gasteiger partial charge in [0.2, 0.25) is 5.13 Å². The number of carbonyl (C=O) groups excluding carboxylic acids is 1. The number of aliphatic hydroxyl groups excluding tert-OH is 1. The third kappa shape index (κ3) is 1.92. The number of carbonyl (C=O) groups is 1. The molecule has 16 heavy (non-hydrogen) atoms. The van der Waals surface area contributed by atoms with Crippen LogP contribution in [0.4, 0.5) is 0 Å². The highest BCUT2D eigenvalue weighted by atomic mass is 35.5. The maximum atomic E-state index is 10.9. The summed E-state index contributed by atoms with van der Waals surface area (Å²) in [7, 11) is 0. The Bertz CT molecular complexity index is 536. The first-order valence-corrected chi connectivity index (χ1v) is 5.42. The van der Waals surface area contributed by atoms with E-state index in [0.29, 0.717) is 10.0 Å². The molecular weight excluding hydrogens is 252 g/mol. The Labute approximate surface area is 99.3 Å². The number of aromatic nitrogens is 3. The largest absolute Gasteiger partial charge is 0.391 e. The third-order valence-corrected chi connectivity index (χ3v) is 3.30. The first-order valence-electron chi connectivity index (χ1n) is 4.22. The van der Waals surface area contributed by atoms with E-state index in [9.17, 15) is 4.79 Å². The predicted octanol–water partition coefficient (Wildman–Crippen LogP) is 0.573. The molecule has 3 N–H and O–H groups in total. The van der Waals surface area contributed by atoms with Crippen molar-refractivity contribution in [1.29, 1.82) is 0 Å². The number of aliphatic hydroxyl groups is 1. The fraction of sp³-hybridized carbons (Fsp3) is 0.125. The molecule has 0 aliphatic rings. The molecule has 0 aromatic carbocycles. The number of nitrogens with two attached hydrogens (primary N) is 1. The van der Waals surface area contributed by atoms with E-state index in [1.807, 2.05) is 0 Å². The summed E-state index contributed by atoms with van der Waals surface area (Å²) >= 11 is 6.96. The molecule has 8 heteroatoms. The van der Waals surface area contributed by atoms with E-state index in [1.54, 1.807) is 0 Å². The first-order chi connectivity index (χ1) is 7.61. The number of amides is 1. The normalized spacial score (nSPS) is 10.6. The average molecular weight is 259 g/mol. The molecular formula is C8H7ClN4O2S. The van der Waals surface area contributed by atoms with E-state index in [-0.39, 0.29) is 17.3 Å². The third-order valence-electron chi connectivity index (χ3n) is 1.85. The number of halogens is 1. The molecule has 0 saturated carbocycles. The van der Waals surface area contributed by atoms with Gasteiger partial charge in [0.15, 0.2) is 0 Å². The second-order valence-electron chi connectivity index (χ2n) is 2.91. The topological polar surface area (TPSA) is 94.0 Å². The van der Waals surface area contributed by atoms with Crippen LogP contribution >= 0.6 is 22.9 Å². The van der Waals surface area contributed by atoms with Crippen LogP contribution in [0.2, 0.25) is 5.15 Å². The molecule has 2 rings (SSSR count). The summed E-state index contributed by atoms with van der Waals surface area (Å²) in [4.78, 5) is 15.4. The Kier molecular flexibility index (Phi) is 2.90. The van der Waals surface area contributed by atoms with Crippen LogP contribution in [0.3, 0.4) is 0 Å². The molecule has 84 valence electrons. The van der Waals surface area contributed by atoms with E-state index in [1.165, 1.54) is 28.4 Å². The molecule has 0 aliphatic carbocycles. The van der Waals surface area contributed by atoms with Crippen molar-refractivity contribution >= 4 is 28.8 Å². The smallest absolute Gasteiger partial charge is 0.251 e. The second-order valence-corrected chi connectivity index (χ2v) is 4.33. The number of primary amides is 1. The Morgan fingerprint density at radius 3 is 2.94 bits per heavy atom. The first kappa shape index (κ1) is 11.1. The number of rotatable bonds is 3. The predicted molar refractivity (Wildman–Crippen MR) is 58.7 cm³/mol. The molecule has 2 aromatic rings. The molecule has 6 nitrogen and oxygen atoms in total. The summed E-state index contributed by atoms with van der Waals surface area (Å²) in [5, 5.41) is 13.6. The molecule has 0 radical (unpaired) electrons. The lowest BCUT2D eigenvalue weighted by atomic mass is 10.4. The van der Waals surface area contributed by atoms with Crippen LogP contribution in [0, 0.1) is 0 Å². The van der Waals surface area contributed by atoms with Gasteiger partial charge >= 0.3 is 0 Å². The number of hydrogen-bond acceptors (Lipinski definition) is 5. The maximum Gasteiger partial charge on any atom is 0.251 e. The molecule has 0 saturated heterocycles. The minimum Gasteiger partial charge on any atom is -0.391 e. The highest BCUT2D eigenvalue weighted by Gasteiger charge is 2.12. The minimum atomic E-state index is -0.559. The maximum absolute atomic E-state index is 10.9. The molecule has 2 heterocycles. The van der Waals surface area contributed by atoms with Crippen molar-refractivity contribution < 1.29 is 9.90 Å². The van der Waals surface area contributed by atoms with Gasteiger partial charge in [0.25, 0.3) is 5.91 Å². The van der Waals surface area contributed by atoms with Crippen LogP contribution in [-0.4, -0.2) is 25.8 Å². The van der Waals surface area contributed by atoms with Crippen molar-refractivity contribution in [2.75, 3.05) is 0 Å². The molecule has 1 amide bonds. The molecule has 0 atom stereocenters. The van der Waals surface area contributed by atoms with Crippen molar-refractivity contribution in [3.05, 3.63) is 28.0 Å². The standard InChI is InChI=1S/C8H7ClN4O2S/c9-6-5(3-14)16-8(12-6)13-2-4(1-11-13)7(10)15/h1-2,14H,3H2,(H2,10,15). The molecule has 0 unspecified atom stereocenters. The lowest BCUT2D eigenvalue weighted by molar-refractivity contribution is 0.100. The Hall–Kier alpha value is -1.44. The van der Waals surface area contributed by atoms with Crippen LogP contribution in [0.15, 0.2) is 12.4 Å². The Morgan fingerprint density at radius 2 is 2.44 bits per heavy atom. The molecule has 0 aliphatic heterocycles. The van der Waals surface area contributed by atoms with Crippen LogP contribution in [0.5, 0.6) is 0 Å². The zero-order valence-electron chi connectivity index (χ0n) is 7.92. The van der Waals surface area contributed by atoms with Crippen molar-refractivity contribution in [3.63, 3.8) is 0 Å². The zero-order chi connectivity index (χ0) is 11.7. The van der Waals surface area contributed by atoms with Crippen molar-refractivity contribution in [2.45, 2.75) is 6.61 Å². The van der Waals surface area contributed by atoms with E-state index < -0.39 is 5.91 Å². The van der Waals surface area contributed by atoms with Gasteiger partial charge in [-0.05, 0) is 0 Å². The second kappa shape index (κ2) is 4.20. The number of nitrogens with zero attached hydrogens (tertiary/aromatic N) is 3. The van der Waals surface area contributed by atoms with Crippen molar-refractivity contribution in [1.82, 2.24) is 14.8 Å². The van der Waals surface area contributed by atoms with Gasteiger partial charge in [-0.2, -0.15) is 5.10 Å². The van der Waals surface area contributed by atoms with Crippen LogP contribution in [-0.2, 0) is 6.61 Å². The lowest BCUT2D eigenvalue weighted by Crippen LogP contribution is -2.09. The molecule has 0 fully saturated rings. The Morgan fingerprint density at radius 1 is 1.69 bits per heavy atom. The summed E-state index contributed by atoms with van der Waals surface area (Å²) in [6, 6.07) is 0. The number of hydrogen-bond donors (Lipinski definition) is 2. The fourth-order valence-electron chi connectivity index (χ4n) is 1.07.